The van der Waals surface area contributed by atoms with E-state index in [1.54, 1.807) is 0 Å². The molecule has 0 unspecified atom stereocenters. The fourth-order valence-corrected chi connectivity index (χ4v) is 4.41. The highest BCUT2D eigenvalue weighted by Crippen LogP contribution is 2.20. The van der Waals surface area contributed by atoms with Gasteiger partial charge in [-0.15, -0.1) is 0 Å². The van der Waals surface area contributed by atoms with Crippen molar-refractivity contribution < 1.29 is 8.42 Å². The van der Waals surface area contributed by atoms with Gasteiger partial charge in [0, 0.05) is 12.1 Å². The first kappa shape index (κ1) is 10.4. The van der Waals surface area contributed by atoms with E-state index in [4.69, 9.17) is 5.73 Å². The summed E-state index contributed by atoms with van der Waals surface area (Å²) in [5, 5.41) is 0. The van der Waals surface area contributed by atoms with Crippen LogP contribution in [0.25, 0.3) is 0 Å². The van der Waals surface area contributed by atoms with E-state index in [2.05, 4.69) is 4.90 Å². The van der Waals surface area contributed by atoms with Crippen molar-refractivity contribution in [2.75, 3.05) is 24.6 Å². The highest BCUT2D eigenvalue weighted by molar-refractivity contribution is 7.91. The van der Waals surface area contributed by atoms with Crippen LogP contribution >= 0.6 is 0 Å². The van der Waals surface area contributed by atoms with Gasteiger partial charge < -0.3 is 5.73 Å². The molecule has 0 bridgehead atoms. The third-order valence-electron chi connectivity index (χ3n) is 3.22. The number of likely N-dealkylation sites (tertiary alicyclic amines) is 1. The van der Waals surface area contributed by atoms with Crippen molar-refractivity contribution in [2.45, 2.75) is 31.3 Å². The topological polar surface area (TPSA) is 63.4 Å². The Hall–Kier alpha value is -0.130. The molecule has 5 heteroatoms. The number of nitrogens with two attached hydrogens (primary N) is 1. The second-order valence-electron chi connectivity index (χ2n) is 4.40. The van der Waals surface area contributed by atoms with Crippen LogP contribution in [0.3, 0.4) is 0 Å². The average Bonchev–Trinajstić information content (AvgIpc) is 2.41. The van der Waals surface area contributed by atoms with Crippen LogP contribution in [0.4, 0.5) is 0 Å². The number of sulfone groups is 1. The van der Waals surface area contributed by atoms with Gasteiger partial charge in [-0.2, -0.15) is 0 Å². The number of nitrogens with zero attached hydrogens (tertiary/aromatic N) is 1. The second-order valence-corrected chi connectivity index (χ2v) is 6.56. The number of rotatable bonds is 1. The maximum atomic E-state index is 11.4. The van der Waals surface area contributed by atoms with Crippen molar-refractivity contribution in [1.29, 1.82) is 0 Å². The van der Waals surface area contributed by atoms with Gasteiger partial charge in [0.05, 0.1) is 11.5 Å². The molecular formula is C9H18N2O2S. The summed E-state index contributed by atoms with van der Waals surface area (Å²) in [6.07, 6.45) is 3.64. The average molecular weight is 218 g/mol. The summed E-state index contributed by atoms with van der Waals surface area (Å²) in [6, 6.07) is -0.0848. The first-order chi connectivity index (χ1) is 6.58. The Labute approximate surface area is 85.4 Å². The number of hydrogen-bond donors (Lipinski definition) is 1. The SMILES string of the molecule is N[C@@H]1CS(=O)(=O)C[C@@H]1N1CCCCC1. The number of hydrogen-bond acceptors (Lipinski definition) is 4. The normalized spacial score (nSPS) is 38.6. The van der Waals surface area contributed by atoms with Gasteiger partial charge in [-0.25, -0.2) is 8.42 Å². The predicted molar refractivity (Wildman–Crippen MR) is 55.8 cm³/mol. The molecule has 0 spiro atoms. The van der Waals surface area contributed by atoms with Gasteiger partial charge in [0.25, 0.3) is 0 Å². The first-order valence-corrected chi connectivity index (χ1v) is 7.11. The van der Waals surface area contributed by atoms with Gasteiger partial charge in [0.1, 0.15) is 0 Å². The fraction of sp³-hybridized carbons (Fsp3) is 1.00. The van der Waals surface area contributed by atoms with Crippen molar-refractivity contribution >= 4 is 9.84 Å². The molecule has 0 saturated carbocycles. The Kier molecular flexibility index (Phi) is 2.81. The van der Waals surface area contributed by atoms with Crippen molar-refractivity contribution in [1.82, 2.24) is 4.90 Å². The van der Waals surface area contributed by atoms with Gasteiger partial charge >= 0.3 is 0 Å². The molecule has 0 aromatic heterocycles. The van der Waals surface area contributed by atoms with E-state index in [9.17, 15) is 8.42 Å². The molecule has 2 N–H and O–H groups in total. The molecule has 2 fully saturated rings. The molecule has 0 aromatic rings. The minimum Gasteiger partial charge on any atom is -0.325 e. The summed E-state index contributed by atoms with van der Waals surface area (Å²) in [5.74, 6) is 0.447. The fourth-order valence-electron chi connectivity index (χ4n) is 2.48. The molecular weight excluding hydrogens is 200 g/mol. The Bertz CT molecular complexity index is 296. The molecule has 0 aromatic carbocycles. The first-order valence-electron chi connectivity index (χ1n) is 5.28. The summed E-state index contributed by atoms with van der Waals surface area (Å²) in [5.41, 5.74) is 5.86. The lowest BCUT2D eigenvalue weighted by Crippen LogP contribution is -2.48. The summed E-state index contributed by atoms with van der Waals surface area (Å²) in [4.78, 5) is 2.26. The van der Waals surface area contributed by atoms with Crippen LogP contribution in [-0.2, 0) is 9.84 Å². The monoisotopic (exact) mass is 218 g/mol. The Morgan fingerprint density at radius 2 is 1.71 bits per heavy atom. The second kappa shape index (κ2) is 3.79. The van der Waals surface area contributed by atoms with E-state index in [1.807, 2.05) is 0 Å². The highest BCUT2D eigenvalue weighted by atomic mass is 32.2. The van der Waals surface area contributed by atoms with Gasteiger partial charge in [-0.05, 0) is 25.9 Å². The molecule has 2 saturated heterocycles. The maximum Gasteiger partial charge on any atom is 0.153 e. The molecule has 0 aliphatic carbocycles. The predicted octanol–water partition coefficient (Wildman–Crippen LogP) is -0.403. The minimum atomic E-state index is -2.86. The highest BCUT2D eigenvalue weighted by Gasteiger charge is 2.38. The van der Waals surface area contributed by atoms with Crippen LogP contribution in [0.5, 0.6) is 0 Å². The van der Waals surface area contributed by atoms with Gasteiger partial charge in [-0.1, -0.05) is 6.42 Å². The molecule has 2 rings (SSSR count). The Morgan fingerprint density at radius 3 is 2.21 bits per heavy atom. The zero-order valence-electron chi connectivity index (χ0n) is 8.35. The van der Waals surface area contributed by atoms with Gasteiger partial charge in [0.15, 0.2) is 9.84 Å². The zero-order valence-corrected chi connectivity index (χ0v) is 9.17. The van der Waals surface area contributed by atoms with Crippen LogP contribution in [0.2, 0.25) is 0 Å². The van der Waals surface area contributed by atoms with Gasteiger partial charge in [0.2, 0.25) is 0 Å². The summed E-state index contributed by atoms with van der Waals surface area (Å²) in [7, 11) is -2.86. The molecule has 2 atom stereocenters. The van der Waals surface area contributed by atoms with E-state index in [-0.39, 0.29) is 23.6 Å². The van der Waals surface area contributed by atoms with Crippen LogP contribution < -0.4 is 5.73 Å². The lowest BCUT2D eigenvalue weighted by molar-refractivity contribution is 0.166. The van der Waals surface area contributed by atoms with Crippen LogP contribution in [-0.4, -0.2) is 50.0 Å². The van der Waals surface area contributed by atoms with Crippen molar-refractivity contribution in [2.24, 2.45) is 5.73 Å². The minimum absolute atomic E-state index is 0.0836. The van der Waals surface area contributed by atoms with E-state index in [0.717, 1.165) is 13.1 Å². The van der Waals surface area contributed by atoms with E-state index < -0.39 is 9.84 Å². The molecule has 14 heavy (non-hydrogen) atoms. The lowest BCUT2D eigenvalue weighted by Gasteiger charge is -2.33. The molecule has 0 amide bonds. The summed E-state index contributed by atoms with van der Waals surface area (Å²) >= 11 is 0. The van der Waals surface area contributed by atoms with E-state index >= 15 is 0 Å². The maximum absolute atomic E-state index is 11.4. The van der Waals surface area contributed by atoms with Crippen molar-refractivity contribution in [3.63, 3.8) is 0 Å². The smallest absolute Gasteiger partial charge is 0.153 e. The largest absolute Gasteiger partial charge is 0.325 e. The molecule has 2 heterocycles. The Morgan fingerprint density at radius 1 is 1.07 bits per heavy atom. The third-order valence-corrected chi connectivity index (χ3v) is 4.97. The van der Waals surface area contributed by atoms with Crippen LogP contribution in [0.15, 0.2) is 0 Å². The standard InChI is InChI=1S/C9H18N2O2S/c10-8-6-14(12,13)7-9(8)11-4-2-1-3-5-11/h8-9H,1-7,10H2/t8-,9+/m1/s1. The Balaban J connectivity index is 2.04. The summed E-state index contributed by atoms with van der Waals surface area (Å²) in [6.45, 7) is 2.04. The van der Waals surface area contributed by atoms with Crippen LogP contribution in [0, 0.1) is 0 Å². The molecule has 2 aliphatic rings. The van der Waals surface area contributed by atoms with E-state index in [0.29, 0.717) is 0 Å². The molecule has 2 aliphatic heterocycles. The lowest BCUT2D eigenvalue weighted by atomic mass is 10.1. The third kappa shape index (κ3) is 2.10. The zero-order chi connectivity index (χ0) is 10.2. The summed E-state index contributed by atoms with van der Waals surface area (Å²) < 4.78 is 22.8. The molecule has 82 valence electrons. The molecule has 4 nitrogen and oxygen atoms in total. The van der Waals surface area contributed by atoms with Gasteiger partial charge in [-0.3, -0.25) is 4.90 Å². The van der Waals surface area contributed by atoms with Crippen LogP contribution in [0.1, 0.15) is 19.3 Å². The van der Waals surface area contributed by atoms with Crippen molar-refractivity contribution in [3.8, 4) is 0 Å². The molecule has 0 radical (unpaired) electrons. The number of piperidine rings is 1. The van der Waals surface area contributed by atoms with Crippen molar-refractivity contribution in [3.05, 3.63) is 0 Å². The quantitative estimate of drug-likeness (QED) is 0.650. The van der Waals surface area contributed by atoms with E-state index in [1.165, 1.54) is 19.3 Å².